The summed E-state index contributed by atoms with van der Waals surface area (Å²) in [6.45, 7) is 3.88. The predicted octanol–water partition coefficient (Wildman–Crippen LogP) is 1.33. The minimum absolute atomic E-state index is 0.181. The zero-order valence-corrected chi connectivity index (χ0v) is 11.4. The highest BCUT2D eigenvalue weighted by molar-refractivity contribution is 7.89. The van der Waals surface area contributed by atoms with Gasteiger partial charge in [-0.05, 0) is 37.1 Å². The minimum Gasteiger partial charge on any atom is -0.329 e. The number of primary sulfonamides is 1. The number of benzene rings is 1. The van der Waals surface area contributed by atoms with Crippen LogP contribution in [0.5, 0.6) is 0 Å². The Morgan fingerprint density at radius 2 is 2.05 bits per heavy atom. The molecule has 7 heteroatoms. The lowest BCUT2D eigenvalue weighted by Crippen LogP contribution is -2.12. The van der Waals surface area contributed by atoms with Gasteiger partial charge < -0.3 is 4.57 Å². The van der Waals surface area contributed by atoms with Crippen LogP contribution in [0.3, 0.4) is 0 Å². The van der Waals surface area contributed by atoms with E-state index in [9.17, 15) is 12.8 Å². The van der Waals surface area contributed by atoms with E-state index in [0.29, 0.717) is 12.4 Å². The number of sulfonamides is 1. The second-order valence-corrected chi connectivity index (χ2v) is 5.88. The Hall–Kier alpha value is -1.73. The molecule has 2 N–H and O–H groups in total. The van der Waals surface area contributed by atoms with Crippen LogP contribution in [0.25, 0.3) is 0 Å². The maximum absolute atomic E-state index is 13.2. The maximum atomic E-state index is 13.2. The number of rotatable bonds is 3. The number of hydrogen-bond acceptors (Lipinski definition) is 3. The molecule has 0 spiro atoms. The molecular formula is C12H14FN3O2S. The van der Waals surface area contributed by atoms with Crippen molar-refractivity contribution in [3.05, 3.63) is 47.2 Å². The van der Waals surface area contributed by atoms with Gasteiger partial charge in [-0.3, -0.25) is 0 Å². The van der Waals surface area contributed by atoms with Gasteiger partial charge in [-0.15, -0.1) is 0 Å². The van der Waals surface area contributed by atoms with Gasteiger partial charge in [0.1, 0.15) is 11.6 Å². The van der Waals surface area contributed by atoms with Gasteiger partial charge in [0.15, 0.2) is 5.03 Å². The molecule has 1 heterocycles. The summed E-state index contributed by atoms with van der Waals surface area (Å²) in [5.41, 5.74) is 1.69. The monoisotopic (exact) mass is 283 g/mol. The van der Waals surface area contributed by atoms with Crippen LogP contribution in [-0.2, 0) is 16.6 Å². The van der Waals surface area contributed by atoms with E-state index in [0.717, 1.165) is 11.1 Å². The molecule has 2 rings (SSSR count). The fraction of sp³-hybridized carbons (Fsp3) is 0.250. The highest BCUT2D eigenvalue weighted by atomic mass is 32.2. The van der Waals surface area contributed by atoms with Crippen molar-refractivity contribution in [3.8, 4) is 0 Å². The summed E-state index contributed by atoms with van der Waals surface area (Å²) in [5, 5.41) is 4.84. The molecule has 0 amide bonds. The van der Waals surface area contributed by atoms with E-state index < -0.39 is 10.0 Å². The summed E-state index contributed by atoms with van der Waals surface area (Å²) in [5.74, 6) is 0.178. The Labute approximate surface area is 110 Å². The van der Waals surface area contributed by atoms with Gasteiger partial charge in [0.2, 0.25) is 0 Å². The summed E-state index contributed by atoms with van der Waals surface area (Å²) in [6, 6.07) is 4.48. The van der Waals surface area contributed by atoms with E-state index in [1.54, 1.807) is 17.6 Å². The van der Waals surface area contributed by atoms with Gasteiger partial charge in [-0.25, -0.2) is 22.9 Å². The molecule has 1 aromatic carbocycles. The van der Waals surface area contributed by atoms with Crippen molar-refractivity contribution in [1.82, 2.24) is 9.55 Å². The predicted molar refractivity (Wildman–Crippen MR) is 68.6 cm³/mol. The third kappa shape index (κ3) is 2.99. The van der Waals surface area contributed by atoms with Crippen molar-refractivity contribution in [3.63, 3.8) is 0 Å². The van der Waals surface area contributed by atoms with E-state index in [-0.39, 0.29) is 10.8 Å². The molecule has 0 aliphatic heterocycles. The number of hydrogen-bond donors (Lipinski definition) is 1. The third-order valence-corrected chi connectivity index (χ3v) is 3.68. The van der Waals surface area contributed by atoms with Crippen molar-refractivity contribution >= 4 is 10.0 Å². The quantitative estimate of drug-likeness (QED) is 0.923. The zero-order chi connectivity index (χ0) is 14.2. The SMILES string of the molecule is Cc1ccc(F)cc1Cn1cc(S(N)(=O)=O)nc1C. The minimum atomic E-state index is -3.82. The Bertz CT molecular complexity index is 723. The Balaban J connectivity index is 2.39. The molecule has 0 saturated heterocycles. The summed E-state index contributed by atoms with van der Waals surface area (Å²) in [4.78, 5) is 3.89. The molecule has 0 aliphatic carbocycles. The average molecular weight is 283 g/mol. The smallest absolute Gasteiger partial charge is 0.257 e. The van der Waals surface area contributed by atoms with Gasteiger partial charge in [0, 0.05) is 12.7 Å². The summed E-state index contributed by atoms with van der Waals surface area (Å²) >= 11 is 0. The largest absolute Gasteiger partial charge is 0.329 e. The molecule has 102 valence electrons. The molecule has 0 aliphatic rings. The van der Waals surface area contributed by atoms with E-state index in [1.165, 1.54) is 18.3 Å². The van der Waals surface area contributed by atoms with Gasteiger partial charge in [-0.2, -0.15) is 0 Å². The Kier molecular flexibility index (Phi) is 3.42. The molecule has 0 bridgehead atoms. The van der Waals surface area contributed by atoms with Crippen molar-refractivity contribution in [2.45, 2.75) is 25.4 Å². The molecule has 0 unspecified atom stereocenters. The fourth-order valence-electron chi connectivity index (χ4n) is 1.77. The van der Waals surface area contributed by atoms with Gasteiger partial charge in [0.05, 0.1) is 0 Å². The number of aromatic nitrogens is 2. The third-order valence-electron chi connectivity index (χ3n) is 2.90. The number of imidazole rings is 1. The highest BCUT2D eigenvalue weighted by Gasteiger charge is 2.14. The molecular weight excluding hydrogens is 269 g/mol. The van der Waals surface area contributed by atoms with Crippen molar-refractivity contribution in [2.24, 2.45) is 5.14 Å². The molecule has 0 fully saturated rings. The first-order valence-electron chi connectivity index (χ1n) is 5.59. The van der Waals surface area contributed by atoms with E-state index in [1.807, 2.05) is 6.92 Å². The first-order chi connectivity index (χ1) is 8.77. The van der Waals surface area contributed by atoms with Gasteiger partial charge >= 0.3 is 0 Å². The van der Waals surface area contributed by atoms with E-state index >= 15 is 0 Å². The maximum Gasteiger partial charge on any atom is 0.257 e. The molecule has 2 aromatic rings. The molecule has 0 radical (unpaired) electrons. The van der Waals surface area contributed by atoms with Crippen LogP contribution >= 0.6 is 0 Å². The Morgan fingerprint density at radius 1 is 1.37 bits per heavy atom. The van der Waals surface area contributed by atoms with Crippen LogP contribution in [0.1, 0.15) is 17.0 Å². The number of nitrogens with zero attached hydrogens (tertiary/aromatic N) is 2. The molecule has 1 aromatic heterocycles. The van der Waals surface area contributed by atoms with Crippen LogP contribution in [0.15, 0.2) is 29.4 Å². The summed E-state index contributed by atoms with van der Waals surface area (Å²) in [6.07, 6.45) is 1.36. The topological polar surface area (TPSA) is 78.0 Å². The lowest BCUT2D eigenvalue weighted by molar-refractivity contribution is 0.594. The second-order valence-electron chi connectivity index (χ2n) is 4.37. The Morgan fingerprint density at radius 3 is 2.63 bits per heavy atom. The lowest BCUT2D eigenvalue weighted by Gasteiger charge is -2.08. The highest BCUT2D eigenvalue weighted by Crippen LogP contribution is 2.15. The van der Waals surface area contributed by atoms with E-state index in [4.69, 9.17) is 5.14 Å². The normalized spacial score (nSPS) is 11.8. The van der Waals surface area contributed by atoms with E-state index in [2.05, 4.69) is 4.98 Å². The van der Waals surface area contributed by atoms with Crippen molar-refractivity contribution < 1.29 is 12.8 Å². The van der Waals surface area contributed by atoms with Gasteiger partial charge in [-0.1, -0.05) is 6.07 Å². The second kappa shape index (κ2) is 4.75. The van der Waals surface area contributed by atoms with Crippen molar-refractivity contribution in [1.29, 1.82) is 0 Å². The number of nitrogens with two attached hydrogens (primary N) is 1. The summed E-state index contributed by atoms with van der Waals surface area (Å²) in [7, 11) is -3.82. The number of halogens is 1. The first kappa shape index (κ1) is 13.7. The standard InChI is InChI=1S/C12H14FN3O2S/c1-8-3-4-11(13)5-10(8)6-16-7-12(15-9(16)2)19(14,17)18/h3-5,7H,6H2,1-2H3,(H2,14,17,18). The van der Waals surface area contributed by atoms with Gasteiger partial charge in [0.25, 0.3) is 10.0 Å². The van der Waals surface area contributed by atoms with Crippen LogP contribution in [0.4, 0.5) is 4.39 Å². The molecule has 0 saturated carbocycles. The van der Waals surface area contributed by atoms with Crippen LogP contribution in [0.2, 0.25) is 0 Å². The molecule has 5 nitrogen and oxygen atoms in total. The molecule has 19 heavy (non-hydrogen) atoms. The van der Waals surface area contributed by atoms with Crippen LogP contribution < -0.4 is 5.14 Å². The lowest BCUT2D eigenvalue weighted by atomic mass is 10.1. The van der Waals surface area contributed by atoms with Crippen LogP contribution in [0, 0.1) is 19.7 Å². The molecule has 0 atom stereocenters. The van der Waals surface area contributed by atoms with Crippen molar-refractivity contribution in [2.75, 3.05) is 0 Å². The summed E-state index contributed by atoms with van der Waals surface area (Å²) < 4.78 is 37.3. The average Bonchev–Trinajstić information content (AvgIpc) is 2.65. The number of aryl methyl sites for hydroxylation is 2. The van der Waals surface area contributed by atoms with Crippen LogP contribution in [-0.4, -0.2) is 18.0 Å². The fourth-order valence-corrected chi connectivity index (χ4v) is 2.30. The zero-order valence-electron chi connectivity index (χ0n) is 10.6. The first-order valence-corrected chi connectivity index (χ1v) is 7.13.